The van der Waals surface area contributed by atoms with Gasteiger partial charge in [0.15, 0.2) is 0 Å². The summed E-state index contributed by atoms with van der Waals surface area (Å²) in [5.41, 5.74) is 7.29. The first-order valence-electron chi connectivity index (χ1n) is 13.2. The third-order valence-corrected chi connectivity index (χ3v) is 7.85. The van der Waals surface area contributed by atoms with Crippen LogP contribution in [0.2, 0.25) is 0 Å². The Bertz CT molecular complexity index is 1030. The molecule has 7 heteroatoms. The number of rotatable bonds is 7. The highest BCUT2D eigenvalue weighted by molar-refractivity contribution is 5.76. The van der Waals surface area contributed by atoms with Gasteiger partial charge in [-0.3, -0.25) is 4.79 Å². The van der Waals surface area contributed by atoms with E-state index in [0.717, 1.165) is 81.8 Å². The number of carbonyl (C=O) groups excluding carboxylic acids is 1. The van der Waals surface area contributed by atoms with E-state index in [1.807, 2.05) is 11.8 Å². The number of fused-ring (bicyclic) bond motifs is 1. The minimum atomic E-state index is 0.316. The van der Waals surface area contributed by atoms with E-state index in [9.17, 15) is 4.79 Å². The van der Waals surface area contributed by atoms with Gasteiger partial charge in [0, 0.05) is 37.7 Å². The quantitative estimate of drug-likeness (QED) is 0.672. The van der Waals surface area contributed by atoms with Crippen LogP contribution in [0.25, 0.3) is 11.3 Å². The molecule has 1 unspecified atom stereocenters. The van der Waals surface area contributed by atoms with Crippen LogP contribution in [0.1, 0.15) is 67.3 Å². The zero-order valence-electron chi connectivity index (χ0n) is 20.8. The van der Waals surface area contributed by atoms with E-state index in [2.05, 4.69) is 39.5 Å². The highest BCUT2D eigenvalue weighted by Crippen LogP contribution is 2.32. The molecular weight excluding hydrogens is 424 g/mol. The van der Waals surface area contributed by atoms with E-state index in [1.54, 1.807) is 0 Å². The molecule has 34 heavy (non-hydrogen) atoms. The fraction of sp³-hybridized carbons (Fsp3) is 0.630. The Morgan fingerprint density at radius 1 is 1.06 bits per heavy atom. The lowest BCUT2D eigenvalue weighted by Crippen LogP contribution is -2.43. The Morgan fingerprint density at radius 3 is 2.74 bits per heavy atom. The normalized spacial score (nSPS) is 20.5. The molecule has 1 amide bonds. The predicted molar refractivity (Wildman–Crippen MR) is 135 cm³/mol. The minimum Gasteiger partial charge on any atom is -0.349 e. The maximum atomic E-state index is 12.3. The monoisotopic (exact) mass is 462 g/mol. The predicted octanol–water partition coefficient (Wildman–Crippen LogP) is 3.92. The minimum absolute atomic E-state index is 0.316. The third kappa shape index (κ3) is 5.09. The summed E-state index contributed by atoms with van der Waals surface area (Å²) in [5, 5.41) is 12.6. The van der Waals surface area contributed by atoms with Crippen molar-refractivity contribution in [3.63, 3.8) is 0 Å². The molecule has 5 rings (SSSR count). The van der Waals surface area contributed by atoms with Crippen molar-refractivity contribution in [2.75, 3.05) is 38.0 Å². The van der Waals surface area contributed by atoms with Gasteiger partial charge in [0.1, 0.15) is 5.69 Å². The summed E-state index contributed by atoms with van der Waals surface area (Å²) < 4.78 is 0. The average molecular weight is 463 g/mol. The molecule has 0 radical (unpaired) electrons. The second-order valence-electron chi connectivity index (χ2n) is 10.3. The Kier molecular flexibility index (Phi) is 7.09. The zero-order valence-corrected chi connectivity index (χ0v) is 20.8. The summed E-state index contributed by atoms with van der Waals surface area (Å²) >= 11 is 0. The standard InChI is InChI=1S/C27H38N6O/c1-19-23-10-5-8-21(23)12-13-24(19)26-20(2)28-27(31-30-26)29-22-9-6-14-32(18-22)15-7-11-25(34)33-16-3-4-17-33/h12-13,22H,3-11,14-18H2,1-2H3,(H,28,29,31). The van der Waals surface area contributed by atoms with Crippen LogP contribution in [0.4, 0.5) is 5.95 Å². The van der Waals surface area contributed by atoms with E-state index >= 15 is 0 Å². The van der Waals surface area contributed by atoms with Gasteiger partial charge in [0.05, 0.1) is 5.69 Å². The van der Waals surface area contributed by atoms with Gasteiger partial charge in [-0.25, -0.2) is 4.98 Å². The molecular formula is C27H38N6O. The topological polar surface area (TPSA) is 74.2 Å². The van der Waals surface area contributed by atoms with Crippen LogP contribution in [0.3, 0.4) is 0 Å². The third-order valence-electron chi connectivity index (χ3n) is 7.85. The van der Waals surface area contributed by atoms with Gasteiger partial charge in [-0.05, 0) is 95.0 Å². The molecule has 2 aromatic rings. The highest BCUT2D eigenvalue weighted by Gasteiger charge is 2.23. The van der Waals surface area contributed by atoms with E-state index in [1.165, 1.54) is 36.0 Å². The summed E-state index contributed by atoms with van der Waals surface area (Å²) in [4.78, 5) is 21.6. The number of aromatic nitrogens is 3. The Labute approximate surface area is 203 Å². The lowest BCUT2D eigenvalue weighted by Gasteiger charge is -2.33. The summed E-state index contributed by atoms with van der Waals surface area (Å²) in [6, 6.07) is 4.77. The van der Waals surface area contributed by atoms with Crippen molar-refractivity contribution < 1.29 is 4.79 Å². The first-order chi connectivity index (χ1) is 16.6. The summed E-state index contributed by atoms with van der Waals surface area (Å²) in [6.07, 6.45) is 9.80. The molecule has 0 spiro atoms. The number of piperidine rings is 1. The second kappa shape index (κ2) is 10.4. The SMILES string of the molecule is Cc1nc(NC2CCCN(CCCC(=O)N3CCCC3)C2)nnc1-c1ccc2c(c1C)CCC2. The van der Waals surface area contributed by atoms with E-state index < -0.39 is 0 Å². The molecule has 1 N–H and O–H groups in total. The fourth-order valence-electron chi connectivity index (χ4n) is 5.96. The van der Waals surface area contributed by atoms with Crippen molar-refractivity contribution >= 4 is 11.9 Å². The molecule has 3 aliphatic rings. The van der Waals surface area contributed by atoms with E-state index in [4.69, 9.17) is 4.98 Å². The fourth-order valence-corrected chi connectivity index (χ4v) is 5.96. The van der Waals surface area contributed by atoms with Crippen molar-refractivity contribution in [1.82, 2.24) is 25.0 Å². The molecule has 3 heterocycles. The number of benzene rings is 1. The first-order valence-corrected chi connectivity index (χ1v) is 13.2. The maximum absolute atomic E-state index is 12.3. The first kappa shape index (κ1) is 23.2. The highest BCUT2D eigenvalue weighted by atomic mass is 16.2. The van der Waals surface area contributed by atoms with Crippen molar-refractivity contribution in [3.05, 3.63) is 34.5 Å². The Hall–Kier alpha value is -2.54. The number of likely N-dealkylation sites (tertiary alicyclic amines) is 2. The Balaban J connectivity index is 1.16. The zero-order chi connectivity index (χ0) is 23.5. The van der Waals surface area contributed by atoms with Crippen LogP contribution in [0, 0.1) is 13.8 Å². The molecule has 2 fully saturated rings. The maximum Gasteiger partial charge on any atom is 0.243 e. The smallest absolute Gasteiger partial charge is 0.243 e. The molecule has 0 bridgehead atoms. The summed E-state index contributed by atoms with van der Waals surface area (Å²) in [5.74, 6) is 0.953. The molecule has 1 atom stereocenters. The van der Waals surface area contributed by atoms with Crippen molar-refractivity contribution in [3.8, 4) is 11.3 Å². The number of nitrogens with one attached hydrogen (secondary N) is 1. The largest absolute Gasteiger partial charge is 0.349 e. The van der Waals surface area contributed by atoms with Gasteiger partial charge >= 0.3 is 0 Å². The number of amides is 1. The molecule has 182 valence electrons. The van der Waals surface area contributed by atoms with Crippen molar-refractivity contribution in [1.29, 1.82) is 0 Å². The van der Waals surface area contributed by atoms with Gasteiger partial charge in [0.25, 0.3) is 0 Å². The number of anilines is 1. The molecule has 2 saturated heterocycles. The van der Waals surface area contributed by atoms with Crippen LogP contribution >= 0.6 is 0 Å². The lowest BCUT2D eigenvalue weighted by molar-refractivity contribution is -0.130. The number of aryl methyl sites for hydroxylation is 2. The van der Waals surface area contributed by atoms with Crippen LogP contribution in [0.5, 0.6) is 0 Å². The second-order valence-corrected chi connectivity index (χ2v) is 10.3. The Morgan fingerprint density at radius 2 is 1.91 bits per heavy atom. The molecule has 0 saturated carbocycles. The summed E-state index contributed by atoms with van der Waals surface area (Å²) in [6.45, 7) is 9.19. The van der Waals surface area contributed by atoms with Crippen LogP contribution in [-0.2, 0) is 17.6 Å². The lowest BCUT2D eigenvalue weighted by atomic mass is 9.96. The van der Waals surface area contributed by atoms with Crippen molar-refractivity contribution in [2.45, 2.75) is 77.7 Å². The van der Waals surface area contributed by atoms with Crippen LogP contribution in [0.15, 0.2) is 12.1 Å². The van der Waals surface area contributed by atoms with E-state index in [0.29, 0.717) is 24.3 Å². The molecule has 1 aromatic heterocycles. The number of hydrogen-bond donors (Lipinski definition) is 1. The number of carbonyl (C=O) groups is 1. The van der Waals surface area contributed by atoms with Gasteiger partial charge in [-0.1, -0.05) is 12.1 Å². The van der Waals surface area contributed by atoms with Gasteiger partial charge < -0.3 is 15.1 Å². The molecule has 7 nitrogen and oxygen atoms in total. The van der Waals surface area contributed by atoms with Gasteiger partial charge in [-0.2, -0.15) is 0 Å². The van der Waals surface area contributed by atoms with Crippen LogP contribution < -0.4 is 5.32 Å². The van der Waals surface area contributed by atoms with E-state index in [-0.39, 0.29) is 0 Å². The average Bonchev–Trinajstić information content (AvgIpc) is 3.53. The number of nitrogens with zero attached hydrogens (tertiary/aromatic N) is 5. The molecule has 2 aliphatic heterocycles. The molecule has 1 aliphatic carbocycles. The van der Waals surface area contributed by atoms with Crippen molar-refractivity contribution in [2.24, 2.45) is 0 Å². The van der Waals surface area contributed by atoms with Gasteiger partial charge in [0.2, 0.25) is 11.9 Å². The summed E-state index contributed by atoms with van der Waals surface area (Å²) in [7, 11) is 0. The van der Waals surface area contributed by atoms with Gasteiger partial charge in [-0.15, -0.1) is 10.2 Å². The van der Waals surface area contributed by atoms with Crippen LogP contribution in [-0.4, -0.2) is 69.7 Å². The number of hydrogen-bond acceptors (Lipinski definition) is 6. The molecule has 1 aromatic carbocycles.